The molecule has 0 saturated carbocycles. The van der Waals surface area contributed by atoms with Gasteiger partial charge in [-0.1, -0.05) is 0 Å². The van der Waals surface area contributed by atoms with Crippen LogP contribution < -0.4 is 9.47 Å². The van der Waals surface area contributed by atoms with E-state index in [9.17, 15) is 18.4 Å². The summed E-state index contributed by atoms with van der Waals surface area (Å²) in [6.45, 7) is 2.78. The molecule has 0 saturated heterocycles. The van der Waals surface area contributed by atoms with Gasteiger partial charge < -0.3 is 9.47 Å². The van der Waals surface area contributed by atoms with Gasteiger partial charge in [0, 0.05) is 47.0 Å². The maximum absolute atomic E-state index is 13.4. The average molecular weight is 492 g/mol. The molecule has 4 aromatic rings. The Balaban J connectivity index is 0.000000201. The molecule has 0 aliphatic rings. The second-order valence-corrected chi connectivity index (χ2v) is 7.49. The Kier molecular flexibility index (Phi) is 8.45. The standard InChI is InChI=1S/2C13H11FN2O2/c2*1-8(17)9-3-10(5-12(14)4-9)11-6-15-13(18-2)16-7-11/h2*3-7H,1-2H3. The minimum absolute atomic E-state index is 0.190. The van der Waals surface area contributed by atoms with Crippen molar-refractivity contribution in [3.05, 3.63) is 83.9 Å². The summed E-state index contributed by atoms with van der Waals surface area (Å²) in [5.74, 6) is -1.31. The highest BCUT2D eigenvalue weighted by Gasteiger charge is 2.09. The minimum Gasteiger partial charge on any atom is -0.467 e. The van der Waals surface area contributed by atoms with Crippen molar-refractivity contribution in [2.45, 2.75) is 13.8 Å². The molecule has 0 N–H and O–H groups in total. The monoisotopic (exact) mass is 492 g/mol. The summed E-state index contributed by atoms with van der Waals surface area (Å²) in [4.78, 5) is 38.3. The Morgan fingerprint density at radius 2 is 0.917 bits per heavy atom. The number of carbonyl (C=O) groups excluding carboxylic acids is 2. The molecule has 0 spiro atoms. The van der Waals surface area contributed by atoms with Gasteiger partial charge in [-0.3, -0.25) is 9.59 Å². The Labute approximate surface area is 206 Å². The zero-order valence-electron chi connectivity index (χ0n) is 20.0. The molecule has 0 aliphatic carbocycles. The molecular formula is C26H22F2N4O4. The lowest BCUT2D eigenvalue weighted by Crippen LogP contribution is -1.95. The number of carbonyl (C=O) groups is 2. The van der Waals surface area contributed by atoms with Crippen molar-refractivity contribution in [2.24, 2.45) is 0 Å². The van der Waals surface area contributed by atoms with Gasteiger partial charge in [0.25, 0.3) is 0 Å². The van der Waals surface area contributed by atoms with E-state index in [1.165, 1.54) is 77.1 Å². The third-order valence-electron chi connectivity index (χ3n) is 4.90. The van der Waals surface area contributed by atoms with Gasteiger partial charge in [0.15, 0.2) is 11.6 Å². The van der Waals surface area contributed by atoms with Crippen LogP contribution in [0.15, 0.2) is 61.2 Å². The van der Waals surface area contributed by atoms with Gasteiger partial charge in [-0.25, -0.2) is 28.7 Å². The summed E-state index contributed by atoms with van der Waals surface area (Å²) in [6, 6.07) is 8.76. The predicted octanol–water partition coefficient (Wildman–Crippen LogP) is 4.99. The first-order chi connectivity index (χ1) is 17.2. The minimum atomic E-state index is -0.464. The van der Waals surface area contributed by atoms with E-state index in [-0.39, 0.29) is 23.6 Å². The summed E-state index contributed by atoms with van der Waals surface area (Å²) < 4.78 is 36.5. The lowest BCUT2D eigenvalue weighted by atomic mass is 10.0. The largest absolute Gasteiger partial charge is 0.467 e. The molecule has 4 rings (SSSR count). The number of nitrogens with zero attached hydrogens (tertiary/aromatic N) is 4. The molecule has 8 nitrogen and oxygen atoms in total. The molecule has 2 aromatic carbocycles. The number of benzene rings is 2. The summed E-state index contributed by atoms with van der Waals surface area (Å²) in [5.41, 5.74) is 3.00. The van der Waals surface area contributed by atoms with E-state index < -0.39 is 11.6 Å². The van der Waals surface area contributed by atoms with E-state index in [1.54, 1.807) is 12.1 Å². The number of Topliss-reactive ketones (excluding diaryl/α,β-unsaturated/α-hetero) is 2. The number of halogens is 2. The fraction of sp³-hybridized carbons (Fsp3) is 0.154. The first-order valence-corrected chi connectivity index (χ1v) is 10.6. The van der Waals surface area contributed by atoms with E-state index in [1.807, 2.05) is 0 Å². The lowest BCUT2D eigenvalue weighted by Gasteiger charge is -2.04. The number of ether oxygens (including phenoxy) is 2. The van der Waals surface area contributed by atoms with Crippen LogP contribution in [0.25, 0.3) is 22.3 Å². The van der Waals surface area contributed by atoms with Crippen LogP contribution in [0, 0.1) is 11.6 Å². The van der Waals surface area contributed by atoms with Gasteiger partial charge in [0.05, 0.1) is 14.2 Å². The van der Waals surface area contributed by atoms with Crippen LogP contribution in [0.1, 0.15) is 34.6 Å². The molecule has 0 atom stereocenters. The van der Waals surface area contributed by atoms with Crippen molar-refractivity contribution in [3.8, 4) is 34.3 Å². The van der Waals surface area contributed by atoms with Crippen LogP contribution in [0.4, 0.5) is 8.78 Å². The van der Waals surface area contributed by atoms with Crippen molar-refractivity contribution in [1.82, 2.24) is 19.9 Å². The van der Waals surface area contributed by atoms with E-state index >= 15 is 0 Å². The molecular weight excluding hydrogens is 470 g/mol. The molecule has 0 unspecified atom stereocenters. The van der Waals surface area contributed by atoms with Crippen LogP contribution >= 0.6 is 0 Å². The first-order valence-electron chi connectivity index (χ1n) is 10.6. The number of hydrogen-bond acceptors (Lipinski definition) is 8. The van der Waals surface area contributed by atoms with E-state index in [0.29, 0.717) is 33.4 Å². The molecule has 2 aromatic heterocycles. The van der Waals surface area contributed by atoms with Crippen molar-refractivity contribution in [3.63, 3.8) is 0 Å². The van der Waals surface area contributed by atoms with Gasteiger partial charge in [-0.15, -0.1) is 0 Å². The molecule has 184 valence electrons. The second kappa shape index (κ2) is 11.7. The maximum Gasteiger partial charge on any atom is 0.316 e. The molecule has 2 heterocycles. The summed E-state index contributed by atoms with van der Waals surface area (Å²) in [5, 5.41) is 0. The van der Waals surface area contributed by atoms with Crippen LogP contribution in [-0.2, 0) is 0 Å². The third kappa shape index (κ3) is 6.72. The van der Waals surface area contributed by atoms with Crippen LogP contribution in [-0.4, -0.2) is 45.7 Å². The highest BCUT2D eigenvalue weighted by molar-refractivity contribution is 5.95. The number of rotatable bonds is 6. The Morgan fingerprint density at radius 3 is 1.19 bits per heavy atom. The van der Waals surface area contributed by atoms with Crippen LogP contribution in [0.5, 0.6) is 12.0 Å². The quantitative estimate of drug-likeness (QED) is 0.347. The number of aromatic nitrogens is 4. The van der Waals surface area contributed by atoms with Crippen molar-refractivity contribution < 1.29 is 27.8 Å². The summed E-state index contributed by atoms with van der Waals surface area (Å²) in [7, 11) is 2.93. The van der Waals surface area contributed by atoms with E-state index in [2.05, 4.69) is 19.9 Å². The molecule has 10 heteroatoms. The second-order valence-electron chi connectivity index (χ2n) is 7.49. The zero-order valence-corrected chi connectivity index (χ0v) is 20.0. The SMILES string of the molecule is COc1ncc(-c2cc(F)cc(C(C)=O)c2)cn1.COc1ncc(-c2cc(F)cc(C(C)=O)c2)cn1. The lowest BCUT2D eigenvalue weighted by molar-refractivity contribution is 0.100. The van der Waals surface area contributed by atoms with Crippen molar-refractivity contribution >= 4 is 11.6 Å². The highest BCUT2D eigenvalue weighted by Crippen LogP contribution is 2.23. The third-order valence-corrected chi connectivity index (χ3v) is 4.90. The average Bonchev–Trinajstić information content (AvgIpc) is 2.88. The fourth-order valence-electron chi connectivity index (χ4n) is 3.06. The van der Waals surface area contributed by atoms with E-state index in [4.69, 9.17) is 9.47 Å². The normalized spacial score (nSPS) is 10.2. The van der Waals surface area contributed by atoms with Gasteiger partial charge in [-0.2, -0.15) is 0 Å². The topological polar surface area (TPSA) is 104 Å². The van der Waals surface area contributed by atoms with Crippen LogP contribution in [0.2, 0.25) is 0 Å². The summed E-state index contributed by atoms with van der Waals surface area (Å²) in [6.07, 6.45) is 6.07. The van der Waals surface area contributed by atoms with E-state index in [0.717, 1.165) is 0 Å². The number of ketones is 2. The first kappa shape index (κ1) is 26.0. The maximum atomic E-state index is 13.4. The Morgan fingerprint density at radius 1 is 0.583 bits per heavy atom. The fourth-order valence-corrected chi connectivity index (χ4v) is 3.06. The molecule has 0 amide bonds. The molecule has 0 fully saturated rings. The van der Waals surface area contributed by atoms with Gasteiger partial charge in [0.1, 0.15) is 11.6 Å². The van der Waals surface area contributed by atoms with Crippen LogP contribution in [0.3, 0.4) is 0 Å². The Bertz CT molecular complexity index is 1270. The van der Waals surface area contributed by atoms with Gasteiger partial charge in [0.2, 0.25) is 0 Å². The summed E-state index contributed by atoms with van der Waals surface area (Å²) >= 11 is 0. The predicted molar refractivity (Wildman–Crippen MR) is 128 cm³/mol. The number of hydrogen-bond donors (Lipinski definition) is 0. The molecule has 36 heavy (non-hydrogen) atoms. The molecule has 0 aliphatic heterocycles. The smallest absolute Gasteiger partial charge is 0.316 e. The van der Waals surface area contributed by atoms with Gasteiger partial charge in [-0.05, 0) is 61.4 Å². The molecule has 0 radical (unpaired) electrons. The zero-order chi connectivity index (χ0) is 26.2. The Hall–Kier alpha value is -4.60. The molecule has 0 bridgehead atoms. The van der Waals surface area contributed by atoms with Crippen molar-refractivity contribution in [1.29, 1.82) is 0 Å². The highest BCUT2D eigenvalue weighted by atomic mass is 19.1. The number of methoxy groups -OCH3 is 2. The van der Waals surface area contributed by atoms with Crippen molar-refractivity contribution in [2.75, 3.05) is 14.2 Å². The van der Waals surface area contributed by atoms with Gasteiger partial charge >= 0.3 is 12.0 Å².